The Labute approximate surface area is 139 Å². The second-order valence-electron chi connectivity index (χ2n) is 5.21. The molecule has 2 aromatic carbocycles. The van der Waals surface area contributed by atoms with Gasteiger partial charge >= 0.3 is 5.97 Å². The predicted molar refractivity (Wildman–Crippen MR) is 94.3 cm³/mol. The molecular weight excluding hydrogens is 318 g/mol. The van der Waals surface area contributed by atoms with Crippen LogP contribution < -0.4 is 5.32 Å². The lowest BCUT2D eigenvalue weighted by molar-refractivity contribution is 0.0697. The molecule has 2 N–H and O–H groups in total. The molecule has 114 valence electrons. The smallest absolute Gasteiger partial charge is 0.337 e. The van der Waals surface area contributed by atoms with Gasteiger partial charge in [-0.05, 0) is 23.6 Å². The molecule has 0 radical (unpaired) electrons. The fraction of sp³-hybridized carbons (Fsp3) is 0.176. The number of carbonyl (C=O) groups is 1. The molecule has 0 bridgehead atoms. The van der Waals surface area contributed by atoms with Gasteiger partial charge in [0.15, 0.2) is 0 Å². The third-order valence-electron chi connectivity index (χ3n) is 3.25. The lowest BCUT2D eigenvalue weighted by Gasteiger charge is -2.15. The molecule has 22 heavy (non-hydrogen) atoms. The fourth-order valence-corrected chi connectivity index (χ4v) is 2.75. The van der Waals surface area contributed by atoms with Crippen molar-refractivity contribution in [3.63, 3.8) is 0 Å². The summed E-state index contributed by atoms with van der Waals surface area (Å²) in [6, 6.07) is 12.8. The van der Waals surface area contributed by atoms with Crippen molar-refractivity contribution in [2.75, 3.05) is 5.32 Å². The van der Waals surface area contributed by atoms with Crippen LogP contribution in [-0.4, -0.2) is 16.1 Å². The van der Waals surface area contributed by atoms with Crippen molar-refractivity contribution >= 4 is 40.5 Å². The summed E-state index contributed by atoms with van der Waals surface area (Å²) < 4.78 is 0. The third kappa shape index (κ3) is 3.64. The van der Waals surface area contributed by atoms with E-state index in [9.17, 15) is 9.90 Å². The van der Waals surface area contributed by atoms with Crippen LogP contribution in [0.25, 0.3) is 0 Å². The molecule has 0 aromatic heterocycles. The summed E-state index contributed by atoms with van der Waals surface area (Å²) in [5, 5.41) is 12.7. The van der Waals surface area contributed by atoms with Gasteiger partial charge in [-0.25, -0.2) is 4.79 Å². The Hall–Kier alpha value is -1.91. The SMILES string of the molecule is CC(C)c1cc(NC(=S)c2ccccc2)cc(C(=O)O)c1Cl. The molecule has 0 aliphatic rings. The topological polar surface area (TPSA) is 49.3 Å². The van der Waals surface area contributed by atoms with E-state index in [2.05, 4.69) is 5.32 Å². The van der Waals surface area contributed by atoms with Gasteiger partial charge in [-0.15, -0.1) is 0 Å². The van der Waals surface area contributed by atoms with Gasteiger partial charge in [-0.1, -0.05) is 68.0 Å². The summed E-state index contributed by atoms with van der Waals surface area (Å²) in [6.45, 7) is 3.93. The number of hydrogen-bond donors (Lipinski definition) is 2. The first-order chi connectivity index (χ1) is 10.4. The predicted octanol–water partition coefficient (Wildman–Crippen LogP) is 4.95. The van der Waals surface area contributed by atoms with E-state index < -0.39 is 5.97 Å². The van der Waals surface area contributed by atoms with E-state index >= 15 is 0 Å². The highest BCUT2D eigenvalue weighted by Crippen LogP contribution is 2.31. The Kier molecular flexibility index (Phi) is 5.16. The van der Waals surface area contributed by atoms with Crippen molar-refractivity contribution in [1.29, 1.82) is 0 Å². The molecule has 3 nitrogen and oxygen atoms in total. The standard InChI is InChI=1S/C17H16ClNO2S/c1-10(2)13-8-12(9-14(15(13)18)17(20)21)19-16(22)11-6-4-3-5-7-11/h3-10H,1-2H3,(H,19,22)(H,20,21). The summed E-state index contributed by atoms with van der Waals surface area (Å²) in [6.07, 6.45) is 0. The first-order valence-electron chi connectivity index (χ1n) is 6.83. The average molecular weight is 334 g/mol. The highest BCUT2D eigenvalue weighted by atomic mass is 35.5. The van der Waals surface area contributed by atoms with Gasteiger partial charge in [0.1, 0.15) is 4.99 Å². The van der Waals surface area contributed by atoms with Crippen molar-refractivity contribution in [1.82, 2.24) is 0 Å². The Bertz CT molecular complexity index is 714. The maximum atomic E-state index is 11.4. The Morgan fingerprint density at radius 1 is 1.23 bits per heavy atom. The molecule has 5 heteroatoms. The number of thiocarbonyl (C=S) groups is 1. The molecular formula is C17H16ClNO2S. The van der Waals surface area contributed by atoms with E-state index in [1.165, 1.54) is 6.07 Å². The molecule has 0 aliphatic carbocycles. The van der Waals surface area contributed by atoms with E-state index in [0.717, 1.165) is 11.1 Å². The number of anilines is 1. The van der Waals surface area contributed by atoms with Gasteiger partial charge in [0.2, 0.25) is 0 Å². The molecule has 0 saturated carbocycles. The maximum Gasteiger partial charge on any atom is 0.337 e. The van der Waals surface area contributed by atoms with Gasteiger partial charge in [-0.2, -0.15) is 0 Å². The van der Waals surface area contributed by atoms with Crippen LogP contribution in [0.15, 0.2) is 42.5 Å². The lowest BCUT2D eigenvalue weighted by Crippen LogP contribution is -2.12. The number of carboxylic acids is 1. The zero-order valence-corrected chi connectivity index (χ0v) is 13.8. The highest BCUT2D eigenvalue weighted by molar-refractivity contribution is 7.81. The number of benzene rings is 2. The van der Waals surface area contributed by atoms with Crippen LogP contribution in [0, 0.1) is 0 Å². The van der Waals surface area contributed by atoms with Crippen molar-refractivity contribution in [3.05, 3.63) is 64.2 Å². The zero-order valence-electron chi connectivity index (χ0n) is 12.3. The number of nitrogens with one attached hydrogen (secondary N) is 1. The first-order valence-corrected chi connectivity index (χ1v) is 7.62. The van der Waals surface area contributed by atoms with Crippen molar-refractivity contribution < 1.29 is 9.90 Å². The Balaban J connectivity index is 2.39. The molecule has 0 atom stereocenters. The van der Waals surface area contributed by atoms with Gasteiger partial charge in [0.25, 0.3) is 0 Å². The average Bonchev–Trinajstić information content (AvgIpc) is 2.49. The second-order valence-corrected chi connectivity index (χ2v) is 5.99. The van der Waals surface area contributed by atoms with Crippen molar-refractivity contribution in [2.24, 2.45) is 0 Å². The van der Waals surface area contributed by atoms with E-state index in [4.69, 9.17) is 23.8 Å². The molecule has 2 aromatic rings. The van der Waals surface area contributed by atoms with E-state index in [0.29, 0.717) is 10.7 Å². The molecule has 0 heterocycles. The van der Waals surface area contributed by atoms with Crippen molar-refractivity contribution in [2.45, 2.75) is 19.8 Å². The summed E-state index contributed by atoms with van der Waals surface area (Å²) in [5.74, 6) is -0.946. The van der Waals surface area contributed by atoms with Gasteiger partial charge < -0.3 is 10.4 Å². The zero-order chi connectivity index (χ0) is 16.3. The maximum absolute atomic E-state index is 11.4. The van der Waals surface area contributed by atoms with Gasteiger partial charge in [0, 0.05) is 11.3 Å². The van der Waals surface area contributed by atoms with Crippen LogP contribution in [0.3, 0.4) is 0 Å². The van der Waals surface area contributed by atoms with Gasteiger partial charge in [0.05, 0.1) is 10.6 Å². The monoisotopic (exact) mass is 333 g/mol. The summed E-state index contributed by atoms with van der Waals surface area (Å²) in [4.78, 5) is 11.9. The van der Waals surface area contributed by atoms with Crippen LogP contribution in [0.4, 0.5) is 5.69 Å². The minimum absolute atomic E-state index is 0.0752. The fourth-order valence-electron chi connectivity index (χ4n) is 2.09. The molecule has 0 saturated heterocycles. The lowest BCUT2D eigenvalue weighted by atomic mass is 9.99. The van der Waals surface area contributed by atoms with E-state index in [1.54, 1.807) is 0 Å². The molecule has 0 aliphatic heterocycles. The highest BCUT2D eigenvalue weighted by Gasteiger charge is 2.17. The summed E-state index contributed by atoms with van der Waals surface area (Å²) >= 11 is 11.5. The number of aromatic carboxylic acids is 1. The minimum Gasteiger partial charge on any atom is -0.478 e. The normalized spacial score (nSPS) is 10.5. The van der Waals surface area contributed by atoms with E-state index in [-0.39, 0.29) is 16.5 Å². The van der Waals surface area contributed by atoms with Crippen LogP contribution in [0.2, 0.25) is 5.02 Å². The molecule has 2 rings (SSSR count). The van der Waals surface area contributed by atoms with Gasteiger partial charge in [-0.3, -0.25) is 0 Å². The molecule has 0 amide bonds. The Morgan fingerprint density at radius 3 is 2.41 bits per heavy atom. The summed E-state index contributed by atoms with van der Waals surface area (Å²) in [5.41, 5.74) is 2.35. The number of halogens is 1. The summed E-state index contributed by atoms with van der Waals surface area (Å²) in [7, 11) is 0. The number of hydrogen-bond acceptors (Lipinski definition) is 2. The number of carboxylic acid groups (broad SMARTS) is 1. The number of rotatable bonds is 4. The first kappa shape index (κ1) is 16.5. The second kappa shape index (κ2) is 6.90. The molecule has 0 unspecified atom stereocenters. The van der Waals surface area contributed by atoms with Crippen LogP contribution in [-0.2, 0) is 0 Å². The van der Waals surface area contributed by atoms with Crippen molar-refractivity contribution in [3.8, 4) is 0 Å². The van der Waals surface area contributed by atoms with Crippen LogP contribution in [0.1, 0.15) is 41.3 Å². The largest absolute Gasteiger partial charge is 0.478 e. The Morgan fingerprint density at radius 2 is 1.86 bits per heavy atom. The molecule has 0 spiro atoms. The molecule has 0 fully saturated rings. The van der Waals surface area contributed by atoms with E-state index in [1.807, 2.05) is 50.2 Å². The minimum atomic E-state index is -1.05. The quantitative estimate of drug-likeness (QED) is 0.777. The van der Waals surface area contributed by atoms with Crippen LogP contribution in [0.5, 0.6) is 0 Å². The van der Waals surface area contributed by atoms with Crippen LogP contribution >= 0.6 is 23.8 Å². The third-order valence-corrected chi connectivity index (χ3v) is 4.01.